The summed E-state index contributed by atoms with van der Waals surface area (Å²) in [6, 6.07) is 31.8. The molecule has 0 bridgehead atoms. The second-order valence-corrected chi connectivity index (χ2v) is 9.76. The number of hydrogen-bond acceptors (Lipinski definition) is 5. The Morgan fingerprint density at radius 2 is 1.37 bits per heavy atom. The molecule has 0 aliphatic carbocycles. The van der Waals surface area contributed by atoms with Crippen LogP contribution in [-0.4, -0.2) is 24.7 Å². The van der Waals surface area contributed by atoms with E-state index in [1.54, 1.807) is 36.4 Å². The third-order valence-electron chi connectivity index (χ3n) is 5.81. The summed E-state index contributed by atoms with van der Waals surface area (Å²) in [5, 5.41) is 3.96. The maximum absolute atomic E-state index is 12.4. The highest BCUT2D eigenvalue weighted by molar-refractivity contribution is 5.91. The first kappa shape index (κ1) is 26.4. The van der Waals surface area contributed by atoms with Crippen molar-refractivity contribution in [2.75, 3.05) is 6.61 Å². The van der Waals surface area contributed by atoms with Gasteiger partial charge in [0.25, 0.3) is 5.91 Å². The van der Waals surface area contributed by atoms with Crippen LogP contribution in [0, 0.1) is 0 Å². The summed E-state index contributed by atoms with van der Waals surface area (Å²) in [5.41, 5.74) is 7.01. The number of carbonyl (C=O) groups excluding carboxylic acids is 2. The Labute approximate surface area is 222 Å². The van der Waals surface area contributed by atoms with Crippen LogP contribution in [0.2, 0.25) is 0 Å². The Kier molecular flexibility index (Phi) is 8.34. The number of rotatable bonds is 8. The lowest BCUT2D eigenvalue weighted by atomic mass is 9.87. The summed E-state index contributed by atoms with van der Waals surface area (Å²) in [6.07, 6.45) is 1.50. The van der Waals surface area contributed by atoms with Gasteiger partial charge >= 0.3 is 5.97 Å². The zero-order valence-corrected chi connectivity index (χ0v) is 21.7. The molecule has 38 heavy (non-hydrogen) atoms. The van der Waals surface area contributed by atoms with E-state index in [4.69, 9.17) is 9.47 Å². The minimum absolute atomic E-state index is 0.0153. The molecule has 0 fully saturated rings. The monoisotopic (exact) mass is 506 g/mol. The van der Waals surface area contributed by atoms with E-state index in [2.05, 4.69) is 31.3 Å². The largest absolute Gasteiger partial charge is 0.484 e. The third-order valence-corrected chi connectivity index (χ3v) is 5.81. The number of nitrogens with one attached hydrogen (secondary N) is 1. The average molecular weight is 507 g/mol. The smallest absolute Gasteiger partial charge is 0.343 e. The number of carbonyl (C=O) groups is 2. The molecule has 6 heteroatoms. The van der Waals surface area contributed by atoms with Gasteiger partial charge in [0.2, 0.25) is 0 Å². The number of hydrazone groups is 1. The molecular formula is C32H30N2O4. The van der Waals surface area contributed by atoms with E-state index < -0.39 is 5.97 Å². The normalized spacial score (nSPS) is 11.2. The maximum Gasteiger partial charge on any atom is 0.343 e. The summed E-state index contributed by atoms with van der Waals surface area (Å²) >= 11 is 0. The number of nitrogens with zero attached hydrogens (tertiary/aromatic N) is 1. The van der Waals surface area contributed by atoms with Crippen molar-refractivity contribution in [2.24, 2.45) is 5.10 Å². The van der Waals surface area contributed by atoms with E-state index in [-0.39, 0.29) is 17.9 Å². The van der Waals surface area contributed by atoms with Crippen molar-refractivity contribution < 1.29 is 19.1 Å². The Balaban J connectivity index is 1.22. The molecule has 4 rings (SSSR count). The summed E-state index contributed by atoms with van der Waals surface area (Å²) in [5.74, 6) is 0.215. The number of ether oxygens (including phenoxy) is 2. The Morgan fingerprint density at radius 3 is 2.00 bits per heavy atom. The molecule has 0 heterocycles. The average Bonchev–Trinajstić information content (AvgIpc) is 2.93. The quantitative estimate of drug-likeness (QED) is 0.130. The molecule has 0 atom stereocenters. The number of esters is 1. The van der Waals surface area contributed by atoms with E-state index in [0.29, 0.717) is 17.1 Å². The van der Waals surface area contributed by atoms with Gasteiger partial charge in [-0.05, 0) is 76.2 Å². The number of hydrogen-bond donors (Lipinski definition) is 1. The first-order chi connectivity index (χ1) is 18.3. The molecule has 0 unspecified atom stereocenters. The second kappa shape index (κ2) is 12.0. The molecule has 0 aliphatic heterocycles. The molecule has 0 radical (unpaired) electrons. The molecule has 0 saturated heterocycles. The standard InChI is InChI=1S/C32H30N2O4/c1-32(2,3)27-15-11-26(12-16-27)31(36)38-29-17-9-23(10-18-29)21-33-34-30(35)22-37-28-19-13-25(14-20-28)24-7-5-4-6-8-24/h4-21H,22H2,1-3H3,(H,34,35). The lowest BCUT2D eigenvalue weighted by Gasteiger charge is -2.18. The SMILES string of the molecule is CC(C)(C)c1ccc(C(=O)Oc2ccc(C=NNC(=O)COc3ccc(-c4ccccc4)cc3)cc2)cc1. The van der Waals surface area contributed by atoms with Crippen LogP contribution in [0.25, 0.3) is 11.1 Å². The molecule has 0 saturated carbocycles. The van der Waals surface area contributed by atoms with Gasteiger partial charge in [-0.1, -0.05) is 75.4 Å². The van der Waals surface area contributed by atoms with Crippen molar-refractivity contribution in [2.45, 2.75) is 26.2 Å². The topological polar surface area (TPSA) is 77.0 Å². The van der Waals surface area contributed by atoms with Crippen LogP contribution in [0.4, 0.5) is 0 Å². The van der Waals surface area contributed by atoms with Crippen LogP contribution in [0.15, 0.2) is 108 Å². The van der Waals surface area contributed by atoms with Gasteiger partial charge in [0.15, 0.2) is 6.61 Å². The van der Waals surface area contributed by atoms with Crippen molar-refractivity contribution >= 4 is 18.1 Å². The van der Waals surface area contributed by atoms with Crippen LogP contribution in [-0.2, 0) is 10.2 Å². The van der Waals surface area contributed by atoms with Crippen LogP contribution in [0.5, 0.6) is 11.5 Å². The predicted molar refractivity (Wildman–Crippen MR) is 150 cm³/mol. The van der Waals surface area contributed by atoms with Gasteiger partial charge in [-0.25, -0.2) is 10.2 Å². The summed E-state index contributed by atoms with van der Waals surface area (Å²) in [6.45, 7) is 6.21. The minimum atomic E-state index is -0.422. The fourth-order valence-electron chi connectivity index (χ4n) is 3.63. The molecule has 192 valence electrons. The van der Waals surface area contributed by atoms with E-state index >= 15 is 0 Å². The van der Waals surface area contributed by atoms with Gasteiger partial charge in [-0.15, -0.1) is 0 Å². The lowest BCUT2D eigenvalue weighted by Crippen LogP contribution is -2.24. The van der Waals surface area contributed by atoms with Crippen LogP contribution in [0.1, 0.15) is 42.3 Å². The molecule has 1 N–H and O–H groups in total. The summed E-state index contributed by atoms with van der Waals surface area (Å²) in [7, 11) is 0. The number of benzene rings is 4. The Morgan fingerprint density at radius 1 is 0.763 bits per heavy atom. The second-order valence-electron chi connectivity index (χ2n) is 9.76. The van der Waals surface area contributed by atoms with E-state index in [1.807, 2.05) is 66.7 Å². The van der Waals surface area contributed by atoms with E-state index in [9.17, 15) is 9.59 Å². The van der Waals surface area contributed by atoms with Crippen molar-refractivity contribution in [1.29, 1.82) is 0 Å². The third kappa shape index (κ3) is 7.40. The molecule has 0 spiro atoms. The van der Waals surface area contributed by atoms with Gasteiger partial charge in [0.1, 0.15) is 11.5 Å². The summed E-state index contributed by atoms with van der Waals surface area (Å²) < 4.78 is 11.0. The maximum atomic E-state index is 12.4. The lowest BCUT2D eigenvalue weighted by molar-refractivity contribution is -0.123. The molecule has 0 aromatic heterocycles. The predicted octanol–water partition coefficient (Wildman–Crippen LogP) is 6.40. The van der Waals surface area contributed by atoms with Crippen LogP contribution < -0.4 is 14.9 Å². The van der Waals surface area contributed by atoms with Crippen molar-refractivity contribution in [3.05, 3.63) is 120 Å². The van der Waals surface area contributed by atoms with Gasteiger partial charge < -0.3 is 9.47 Å². The van der Waals surface area contributed by atoms with Gasteiger partial charge in [-0.3, -0.25) is 4.79 Å². The fourth-order valence-corrected chi connectivity index (χ4v) is 3.63. The highest BCUT2D eigenvalue weighted by atomic mass is 16.5. The van der Waals surface area contributed by atoms with Crippen LogP contribution in [0.3, 0.4) is 0 Å². The highest BCUT2D eigenvalue weighted by Gasteiger charge is 2.15. The molecule has 1 amide bonds. The zero-order valence-electron chi connectivity index (χ0n) is 21.7. The first-order valence-corrected chi connectivity index (χ1v) is 12.3. The first-order valence-electron chi connectivity index (χ1n) is 12.3. The van der Waals surface area contributed by atoms with E-state index in [1.165, 1.54) is 6.21 Å². The number of amides is 1. The molecule has 6 nitrogen and oxygen atoms in total. The van der Waals surface area contributed by atoms with Gasteiger partial charge in [0.05, 0.1) is 11.8 Å². The van der Waals surface area contributed by atoms with Gasteiger partial charge in [0, 0.05) is 0 Å². The highest BCUT2D eigenvalue weighted by Crippen LogP contribution is 2.23. The molecular weight excluding hydrogens is 476 g/mol. The van der Waals surface area contributed by atoms with Gasteiger partial charge in [-0.2, -0.15) is 5.10 Å². The molecule has 0 aliphatic rings. The zero-order chi connectivity index (χ0) is 27.0. The Bertz CT molecular complexity index is 1390. The molecule has 4 aromatic carbocycles. The fraction of sp³-hybridized carbons (Fsp3) is 0.156. The van der Waals surface area contributed by atoms with Crippen molar-refractivity contribution in [3.8, 4) is 22.6 Å². The Hall–Kier alpha value is -4.71. The van der Waals surface area contributed by atoms with Crippen molar-refractivity contribution in [1.82, 2.24) is 5.43 Å². The van der Waals surface area contributed by atoms with Crippen molar-refractivity contribution in [3.63, 3.8) is 0 Å². The minimum Gasteiger partial charge on any atom is -0.484 e. The van der Waals surface area contributed by atoms with E-state index in [0.717, 1.165) is 22.3 Å². The summed E-state index contributed by atoms with van der Waals surface area (Å²) in [4.78, 5) is 24.5. The van der Waals surface area contributed by atoms with Crippen LogP contribution >= 0.6 is 0 Å². The molecule has 4 aromatic rings.